The zero-order chi connectivity index (χ0) is 14.0. The first-order chi connectivity index (χ1) is 8.90. The summed E-state index contributed by atoms with van der Waals surface area (Å²) in [5, 5.41) is 11.8. The average Bonchev–Trinajstić information content (AvgIpc) is 2.69. The molecule has 0 aromatic heterocycles. The Labute approximate surface area is 112 Å². The Morgan fingerprint density at radius 2 is 2.11 bits per heavy atom. The third kappa shape index (κ3) is 2.95. The topological polar surface area (TPSA) is 66.4 Å². The van der Waals surface area contributed by atoms with Crippen LogP contribution < -0.4 is 5.32 Å². The highest BCUT2D eigenvalue weighted by Gasteiger charge is 2.39. The van der Waals surface area contributed by atoms with E-state index in [0.29, 0.717) is 5.69 Å². The highest BCUT2D eigenvalue weighted by molar-refractivity contribution is 5.95. The second-order valence-electron chi connectivity index (χ2n) is 5.81. The molecule has 4 nitrogen and oxygen atoms in total. The van der Waals surface area contributed by atoms with E-state index in [4.69, 9.17) is 5.11 Å². The van der Waals surface area contributed by atoms with Crippen LogP contribution in [0.3, 0.4) is 0 Å². The molecule has 102 valence electrons. The highest BCUT2D eigenvalue weighted by Crippen LogP contribution is 2.43. The standard InChI is InChI=1S/C15H19NO3/c1-15(2)8-4-7-12(15)13(17)16-11-6-3-5-10(9-11)14(18)19/h3,5-6,9,12H,4,7-8H2,1-2H3,(H,16,17)(H,18,19). The summed E-state index contributed by atoms with van der Waals surface area (Å²) >= 11 is 0. The molecule has 1 fully saturated rings. The van der Waals surface area contributed by atoms with Crippen LogP contribution in [0.5, 0.6) is 0 Å². The number of carbonyl (C=O) groups excluding carboxylic acids is 1. The van der Waals surface area contributed by atoms with E-state index in [1.165, 1.54) is 12.1 Å². The van der Waals surface area contributed by atoms with E-state index in [9.17, 15) is 9.59 Å². The van der Waals surface area contributed by atoms with Crippen LogP contribution in [0.2, 0.25) is 0 Å². The van der Waals surface area contributed by atoms with Crippen LogP contribution in [0.25, 0.3) is 0 Å². The minimum Gasteiger partial charge on any atom is -0.478 e. The Balaban J connectivity index is 2.11. The molecule has 0 aliphatic heterocycles. The van der Waals surface area contributed by atoms with Gasteiger partial charge in [-0.3, -0.25) is 4.79 Å². The van der Waals surface area contributed by atoms with Gasteiger partial charge in [0.15, 0.2) is 0 Å². The molecule has 1 saturated carbocycles. The molecule has 0 heterocycles. The number of aromatic carboxylic acids is 1. The predicted octanol–water partition coefficient (Wildman–Crippen LogP) is 3.15. The molecule has 1 aromatic rings. The second kappa shape index (κ2) is 5.03. The molecule has 1 aromatic carbocycles. The maximum absolute atomic E-state index is 12.3. The zero-order valence-electron chi connectivity index (χ0n) is 11.3. The van der Waals surface area contributed by atoms with Gasteiger partial charge >= 0.3 is 5.97 Å². The van der Waals surface area contributed by atoms with Crippen molar-refractivity contribution in [1.82, 2.24) is 0 Å². The van der Waals surface area contributed by atoms with Gasteiger partial charge in [-0.1, -0.05) is 26.3 Å². The van der Waals surface area contributed by atoms with Gasteiger partial charge in [-0.05, 0) is 36.5 Å². The van der Waals surface area contributed by atoms with E-state index in [0.717, 1.165) is 19.3 Å². The van der Waals surface area contributed by atoms with Gasteiger partial charge in [-0.25, -0.2) is 4.79 Å². The molecule has 0 bridgehead atoms. The summed E-state index contributed by atoms with van der Waals surface area (Å²) in [6, 6.07) is 6.35. The highest BCUT2D eigenvalue weighted by atomic mass is 16.4. The lowest BCUT2D eigenvalue weighted by atomic mass is 9.81. The Hall–Kier alpha value is -1.84. The summed E-state index contributed by atoms with van der Waals surface area (Å²) < 4.78 is 0. The van der Waals surface area contributed by atoms with Crippen molar-refractivity contribution in [3.8, 4) is 0 Å². The van der Waals surface area contributed by atoms with E-state index in [-0.39, 0.29) is 22.8 Å². The normalized spacial score (nSPS) is 21.1. The second-order valence-corrected chi connectivity index (χ2v) is 5.81. The number of carboxylic acid groups (broad SMARTS) is 1. The molecule has 1 atom stereocenters. The predicted molar refractivity (Wildman–Crippen MR) is 73.2 cm³/mol. The minimum absolute atomic E-state index is 0.000911. The zero-order valence-corrected chi connectivity index (χ0v) is 11.3. The molecule has 1 aliphatic carbocycles. The summed E-state index contributed by atoms with van der Waals surface area (Å²) in [5.41, 5.74) is 0.755. The molecule has 0 saturated heterocycles. The molecule has 2 rings (SSSR count). The summed E-state index contributed by atoms with van der Waals surface area (Å²) in [6.07, 6.45) is 3.03. The van der Waals surface area contributed by atoms with Crippen molar-refractivity contribution in [2.24, 2.45) is 11.3 Å². The van der Waals surface area contributed by atoms with Crippen molar-refractivity contribution in [3.63, 3.8) is 0 Å². The van der Waals surface area contributed by atoms with Gasteiger partial charge < -0.3 is 10.4 Å². The monoisotopic (exact) mass is 261 g/mol. The van der Waals surface area contributed by atoms with Crippen LogP contribution in [0.4, 0.5) is 5.69 Å². The lowest BCUT2D eigenvalue weighted by molar-refractivity contribution is -0.122. The summed E-state index contributed by atoms with van der Waals surface area (Å²) in [4.78, 5) is 23.1. The number of rotatable bonds is 3. The first-order valence-electron chi connectivity index (χ1n) is 6.54. The molecule has 1 aliphatic rings. The van der Waals surface area contributed by atoms with E-state index < -0.39 is 5.97 Å². The number of benzene rings is 1. The molecule has 0 spiro atoms. The van der Waals surface area contributed by atoms with Gasteiger partial charge in [0, 0.05) is 11.6 Å². The maximum atomic E-state index is 12.3. The number of hydrogen-bond donors (Lipinski definition) is 2. The summed E-state index contributed by atoms with van der Waals surface area (Å²) in [5.74, 6) is -0.997. The Bertz CT molecular complexity index is 508. The maximum Gasteiger partial charge on any atom is 0.335 e. The molecule has 4 heteroatoms. The lowest BCUT2D eigenvalue weighted by Crippen LogP contribution is -2.30. The molecule has 2 N–H and O–H groups in total. The van der Waals surface area contributed by atoms with Gasteiger partial charge in [-0.2, -0.15) is 0 Å². The number of amides is 1. The SMILES string of the molecule is CC1(C)CCCC1C(=O)Nc1cccc(C(=O)O)c1. The van der Waals surface area contributed by atoms with Gasteiger partial charge in [0.05, 0.1) is 5.56 Å². The molecule has 1 unspecified atom stereocenters. The lowest BCUT2D eigenvalue weighted by Gasteiger charge is -2.25. The van der Waals surface area contributed by atoms with Crippen molar-refractivity contribution in [3.05, 3.63) is 29.8 Å². The van der Waals surface area contributed by atoms with E-state index >= 15 is 0 Å². The van der Waals surface area contributed by atoms with Crippen LogP contribution in [0.1, 0.15) is 43.5 Å². The fraction of sp³-hybridized carbons (Fsp3) is 0.467. The van der Waals surface area contributed by atoms with Crippen LogP contribution in [0, 0.1) is 11.3 Å². The van der Waals surface area contributed by atoms with Gasteiger partial charge in [0.2, 0.25) is 5.91 Å². The average molecular weight is 261 g/mol. The van der Waals surface area contributed by atoms with Crippen LogP contribution in [-0.4, -0.2) is 17.0 Å². The molecule has 19 heavy (non-hydrogen) atoms. The quantitative estimate of drug-likeness (QED) is 0.878. The Morgan fingerprint density at radius 3 is 2.68 bits per heavy atom. The number of carboxylic acids is 1. The number of hydrogen-bond acceptors (Lipinski definition) is 2. The van der Waals surface area contributed by atoms with Crippen molar-refractivity contribution in [2.75, 3.05) is 5.32 Å². The first kappa shape index (κ1) is 13.6. The Kier molecular flexibility index (Phi) is 3.60. The van der Waals surface area contributed by atoms with E-state index in [1.807, 2.05) is 0 Å². The molecule has 1 amide bonds. The first-order valence-corrected chi connectivity index (χ1v) is 6.54. The van der Waals surface area contributed by atoms with Crippen molar-refractivity contribution in [2.45, 2.75) is 33.1 Å². The Morgan fingerprint density at radius 1 is 1.37 bits per heavy atom. The summed E-state index contributed by atoms with van der Waals surface area (Å²) in [6.45, 7) is 4.22. The largest absolute Gasteiger partial charge is 0.478 e. The van der Waals surface area contributed by atoms with Crippen molar-refractivity contribution >= 4 is 17.6 Å². The molecule has 0 radical (unpaired) electrons. The van der Waals surface area contributed by atoms with Crippen LogP contribution in [-0.2, 0) is 4.79 Å². The number of nitrogens with one attached hydrogen (secondary N) is 1. The fourth-order valence-electron chi connectivity index (χ4n) is 2.77. The summed E-state index contributed by atoms with van der Waals surface area (Å²) in [7, 11) is 0. The molecular formula is C15H19NO3. The minimum atomic E-state index is -0.989. The van der Waals surface area contributed by atoms with Gasteiger partial charge in [-0.15, -0.1) is 0 Å². The number of anilines is 1. The van der Waals surface area contributed by atoms with Gasteiger partial charge in [0.1, 0.15) is 0 Å². The van der Waals surface area contributed by atoms with Crippen molar-refractivity contribution in [1.29, 1.82) is 0 Å². The van der Waals surface area contributed by atoms with E-state index in [1.54, 1.807) is 12.1 Å². The molecular weight excluding hydrogens is 242 g/mol. The van der Waals surface area contributed by atoms with Gasteiger partial charge in [0.25, 0.3) is 0 Å². The number of carbonyl (C=O) groups is 2. The smallest absolute Gasteiger partial charge is 0.335 e. The van der Waals surface area contributed by atoms with Crippen LogP contribution in [0.15, 0.2) is 24.3 Å². The van der Waals surface area contributed by atoms with E-state index in [2.05, 4.69) is 19.2 Å². The third-order valence-corrected chi connectivity index (χ3v) is 3.95. The fourth-order valence-corrected chi connectivity index (χ4v) is 2.77. The van der Waals surface area contributed by atoms with Crippen molar-refractivity contribution < 1.29 is 14.7 Å². The third-order valence-electron chi connectivity index (χ3n) is 3.95. The van der Waals surface area contributed by atoms with Crippen LogP contribution >= 0.6 is 0 Å².